The zero-order valence-corrected chi connectivity index (χ0v) is 16.8. The van der Waals surface area contributed by atoms with E-state index in [2.05, 4.69) is 25.3 Å². The zero-order valence-electron chi connectivity index (χ0n) is 16.8. The van der Waals surface area contributed by atoms with Crippen LogP contribution < -0.4 is 5.32 Å². The van der Waals surface area contributed by atoms with Gasteiger partial charge in [0.05, 0.1) is 11.6 Å². The number of benzene rings is 1. The number of aliphatic carboxylic acids is 1. The van der Waals surface area contributed by atoms with Crippen LogP contribution in [-0.2, 0) is 17.4 Å². The van der Waals surface area contributed by atoms with E-state index >= 15 is 0 Å². The van der Waals surface area contributed by atoms with Gasteiger partial charge in [-0.05, 0) is 49.2 Å². The lowest BCUT2D eigenvalue weighted by Gasteiger charge is -2.12. The minimum atomic E-state index is -4.57. The fourth-order valence-corrected chi connectivity index (χ4v) is 3.03. The Morgan fingerprint density at radius 1 is 1.16 bits per heavy atom. The SMILES string of the molecule is CCC(Cc1cc(-c2cc(C)cc(Nc3nccc(C(F)(F)F)n3)c2)ncn1)C(=O)O. The summed E-state index contributed by atoms with van der Waals surface area (Å²) < 4.78 is 38.7. The summed E-state index contributed by atoms with van der Waals surface area (Å²) in [5.41, 5.74) is 2.15. The lowest BCUT2D eigenvalue weighted by atomic mass is 9.99. The van der Waals surface area contributed by atoms with E-state index in [0.29, 0.717) is 29.1 Å². The molecular weight excluding hydrogens is 411 g/mol. The van der Waals surface area contributed by atoms with E-state index in [-0.39, 0.29) is 12.4 Å². The van der Waals surface area contributed by atoms with E-state index in [1.54, 1.807) is 25.1 Å². The Balaban J connectivity index is 1.88. The molecule has 3 aromatic rings. The molecule has 7 nitrogen and oxygen atoms in total. The van der Waals surface area contributed by atoms with Crippen LogP contribution in [0.25, 0.3) is 11.3 Å². The zero-order chi connectivity index (χ0) is 22.6. The van der Waals surface area contributed by atoms with Crippen molar-refractivity contribution >= 4 is 17.6 Å². The predicted molar refractivity (Wildman–Crippen MR) is 108 cm³/mol. The first-order valence-electron chi connectivity index (χ1n) is 9.48. The molecule has 0 radical (unpaired) electrons. The Labute approximate surface area is 176 Å². The van der Waals surface area contributed by atoms with Crippen LogP contribution in [0.4, 0.5) is 24.8 Å². The van der Waals surface area contributed by atoms with Crippen LogP contribution in [0.2, 0.25) is 0 Å². The molecule has 0 aliphatic rings. The first-order valence-corrected chi connectivity index (χ1v) is 9.48. The number of rotatable bonds is 7. The molecule has 162 valence electrons. The van der Waals surface area contributed by atoms with Gasteiger partial charge in [-0.2, -0.15) is 13.2 Å². The number of hydrogen-bond acceptors (Lipinski definition) is 6. The van der Waals surface area contributed by atoms with E-state index in [4.69, 9.17) is 0 Å². The molecule has 2 heterocycles. The van der Waals surface area contributed by atoms with Crippen molar-refractivity contribution in [2.45, 2.75) is 32.9 Å². The fraction of sp³-hybridized carbons (Fsp3) is 0.286. The van der Waals surface area contributed by atoms with Crippen LogP contribution >= 0.6 is 0 Å². The van der Waals surface area contributed by atoms with Gasteiger partial charge in [0.25, 0.3) is 0 Å². The molecule has 2 N–H and O–H groups in total. The van der Waals surface area contributed by atoms with Crippen molar-refractivity contribution in [3.63, 3.8) is 0 Å². The molecule has 3 rings (SSSR count). The Morgan fingerprint density at radius 3 is 2.61 bits per heavy atom. The number of alkyl halides is 3. The minimum Gasteiger partial charge on any atom is -0.481 e. The predicted octanol–water partition coefficient (Wildman–Crippen LogP) is 4.66. The highest BCUT2D eigenvalue weighted by molar-refractivity contribution is 5.71. The summed E-state index contributed by atoms with van der Waals surface area (Å²) >= 11 is 0. The van der Waals surface area contributed by atoms with Gasteiger partial charge in [0.2, 0.25) is 5.95 Å². The number of carbonyl (C=O) groups is 1. The van der Waals surface area contributed by atoms with E-state index in [9.17, 15) is 23.1 Å². The molecule has 0 bridgehead atoms. The van der Waals surface area contributed by atoms with Gasteiger partial charge in [-0.1, -0.05) is 6.92 Å². The van der Waals surface area contributed by atoms with Crippen LogP contribution in [0.15, 0.2) is 42.9 Å². The number of anilines is 2. The number of aromatic nitrogens is 4. The molecule has 0 fully saturated rings. The molecule has 1 unspecified atom stereocenters. The Kier molecular flexibility index (Phi) is 6.47. The highest BCUT2D eigenvalue weighted by atomic mass is 19.4. The second-order valence-corrected chi connectivity index (χ2v) is 7.02. The summed E-state index contributed by atoms with van der Waals surface area (Å²) in [6.07, 6.45) is -1.41. The van der Waals surface area contributed by atoms with Gasteiger partial charge in [0, 0.05) is 29.6 Å². The molecule has 1 aromatic carbocycles. The van der Waals surface area contributed by atoms with Gasteiger partial charge in [0.1, 0.15) is 12.0 Å². The van der Waals surface area contributed by atoms with Crippen LogP contribution in [0.1, 0.15) is 30.3 Å². The number of nitrogens with zero attached hydrogens (tertiary/aromatic N) is 4. The molecule has 0 spiro atoms. The third kappa shape index (κ3) is 5.74. The van der Waals surface area contributed by atoms with Gasteiger partial charge in [-0.3, -0.25) is 4.79 Å². The smallest absolute Gasteiger partial charge is 0.433 e. The Hall–Kier alpha value is -3.56. The summed E-state index contributed by atoms with van der Waals surface area (Å²) in [4.78, 5) is 27.1. The molecule has 0 saturated carbocycles. The third-order valence-electron chi connectivity index (χ3n) is 4.60. The van der Waals surface area contributed by atoms with E-state index in [1.807, 2.05) is 13.0 Å². The van der Waals surface area contributed by atoms with Gasteiger partial charge >= 0.3 is 12.1 Å². The van der Waals surface area contributed by atoms with Crippen molar-refractivity contribution in [2.75, 3.05) is 5.32 Å². The number of nitrogens with one attached hydrogen (secondary N) is 1. The molecule has 0 aliphatic heterocycles. The molecular formula is C21H20F3N5O2. The Morgan fingerprint density at radius 2 is 1.94 bits per heavy atom. The number of carboxylic acid groups (broad SMARTS) is 1. The van der Waals surface area contributed by atoms with Crippen LogP contribution in [-0.4, -0.2) is 31.0 Å². The molecule has 0 amide bonds. The second kappa shape index (κ2) is 9.07. The number of halogens is 3. The third-order valence-corrected chi connectivity index (χ3v) is 4.60. The fourth-order valence-electron chi connectivity index (χ4n) is 3.03. The average Bonchev–Trinajstić information content (AvgIpc) is 2.71. The summed E-state index contributed by atoms with van der Waals surface area (Å²) in [6, 6.07) is 7.82. The molecule has 0 saturated heterocycles. The summed E-state index contributed by atoms with van der Waals surface area (Å²) in [5.74, 6) is -1.61. The maximum absolute atomic E-state index is 12.9. The molecule has 1 atom stereocenters. The van der Waals surface area contributed by atoms with E-state index in [1.165, 1.54) is 6.33 Å². The summed E-state index contributed by atoms with van der Waals surface area (Å²) in [5, 5.41) is 12.1. The summed E-state index contributed by atoms with van der Waals surface area (Å²) in [7, 11) is 0. The topological polar surface area (TPSA) is 101 Å². The van der Waals surface area contributed by atoms with E-state index < -0.39 is 23.8 Å². The lowest BCUT2D eigenvalue weighted by molar-refractivity contribution is -0.142. The monoisotopic (exact) mass is 431 g/mol. The van der Waals surface area contributed by atoms with Crippen molar-refractivity contribution in [3.05, 3.63) is 59.8 Å². The van der Waals surface area contributed by atoms with Gasteiger partial charge in [-0.15, -0.1) is 0 Å². The van der Waals surface area contributed by atoms with Crippen molar-refractivity contribution in [3.8, 4) is 11.3 Å². The maximum Gasteiger partial charge on any atom is 0.433 e. The van der Waals surface area contributed by atoms with E-state index in [0.717, 1.165) is 17.8 Å². The van der Waals surface area contributed by atoms with Crippen molar-refractivity contribution in [1.29, 1.82) is 0 Å². The average molecular weight is 431 g/mol. The maximum atomic E-state index is 12.9. The first-order chi connectivity index (χ1) is 14.7. The van der Waals surface area contributed by atoms with Gasteiger partial charge in [-0.25, -0.2) is 19.9 Å². The number of aryl methyl sites for hydroxylation is 1. The van der Waals surface area contributed by atoms with Crippen LogP contribution in [0, 0.1) is 12.8 Å². The lowest BCUT2D eigenvalue weighted by Crippen LogP contribution is -2.16. The normalized spacial score (nSPS) is 12.4. The van der Waals surface area contributed by atoms with Crippen molar-refractivity contribution in [1.82, 2.24) is 19.9 Å². The second-order valence-electron chi connectivity index (χ2n) is 7.02. The van der Waals surface area contributed by atoms with Crippen molar-refractivity contribution < 1.29 is 23.1 Å². The molecule has 10 heteroatoms. The van der Waals surface area contributed by atoms with Crippen LogP contribution in [0.5, 0.6) is 0 Å². The largest absolute Gasteiger partial charge is 0.481 e. The summed E-state index contributed by atoms with van der Waals surface area (Å²) in [6.45, 7) is 3.64. The minimum absolute atomic E-state index is 0.179. The van der Waals surface area contributed by atoms with Gasteiger partial charge < -0.3 is 10.4 Å². The molecule has 2 aromatic heterocycles. The number of hydrogen-bond donors (Lipinski definition) is 2. The van der Waals surface area contributed by atoms with Gasteiger partial charge in [0.15, 0.2) is 0 Å². The molecule has 0 aliphatic carbocycles. The van der Waals surface area contributed by atoms with Crippen molar-refractivity contribution in [2.24, 2.45) is 5.92 Å². The highest BCUT2D eigenvalue weighted by Crippen LogP contribution is 2.29. The quantitative estimate of drug-likeness (QED) is 0.561. The number of carboxylic acids is 1. The highest BCUT2D eigenvalue weighted by Gasteiger charge is 2.32. The first kappa shape index (κ1) is 22.1. The standard InChI is InChI=1S/C21H20F3N5O2/c1-3-13(19(30)31)8-15-10-17(27-11-26-15)14-6-12(2)7-16(9-14)28-20-25-5-4-18(29-20)21(22,23)24/h4-7,9-11,13H,3,8H2,1-2H3,(H,30,31)(H,25,28,29). The molecule has 31 heavy (non-hydrogen) atoms. The Bertz CT molecular complexity index is 1090. The van der Waals surface area contributed by atoms with Crippen LogP contribution in [0.3, 0.4) is 0 Å².